The number of imidazole rings is 2. The van der Waals surface area contributed by atoms with E-state index >= 15 is 0 Å². The van der Waals surface area contributed by atoms with Gasteiger partial charge < -0.3 is 40.6 Å². The second kappa shape index (κ2) is 10.1. The summed E-state index contributed by atoms with van der Waals surface area (Å²) in [5, 5.41) is 22.5. The van der Waals surface area contributed by atoms with Gasteiger partial charge in [0.05, 0.1) is 37.0 Å². The summed E-state index contributed by atoms with van der Waals surface area (Å²) in [5.74, 6) is -0.447. The minimum atomic E-state index is -4.83. The first-order chi connectivity index (χ1) is 20.1. The van der Waals surface area contributed by atoms with E-state index in [-0.39, 0.29) is 29.5 Å². The van der Waals surface area contributed by atoms with E-state index in [9.17, 15) is 24.5 Å². The summed E-state index contributed by atoms with van der Waals surface area (Å²) < 4.78 is 39.2. The second-order valence-electron chi connectivity index (χ2n) is 10.5. The van der Waals surface area contributed by atoms with Crippen LogP contribution in [0.1, 0.15) is 31.7 Å². The molecular weight excluding hydrogens is 577 g/mol. The number of nitrogens with zero attached hydrogens (tertiary/aromatic N) is 6. The Morgan fingerprint density at radius 3 is 2.60 bits per heavy atom. The van der Waals surface area contributed by atoms with Gasteiger partial charge in [0.1, 0.15) is 23.8 Å². The van der Waals surface area contributed by atoms with Crippen LogP contribution in [0.2, 0.25) is 0 Å². The van der Waals surface area contributed by atoms with E-state index in [0.29, 0.717) is 30.3 Å². The van der Waals surface area contributed by atoms with Crippen LogP contribution in [-0.4, -0.2) is 86.3 Å². The van der Waals surface area contributed by atoms with Crippen LogP contribution in [0.15, 0.2) is 29.7 Å². The summed E-state index contributed by atoms with van der Waals surface area (Å²) in [5.41, 5.74) is 12.1. The molecule has 4 aromatic rings. The zero-order valence-corrected chi connectivity index (χ0v) is 22.7. The number of hydrogen-bond donors (Lipinski definition) is 6. The molecule has 7 rings (SSSR count). The van der Waals surface area contributed by atoms with Crippen molar-refractivity contribution in [3.8, 4) is 0 Å². The monoisotopic (exact) mass is 605 g/mol. The molecule has 4 aromatic heterocycles. The highest BCUT2D eigenvalue weighted by atomic mass is 31.2. The van der Waals surface area contributed by atoms with Gasteiger partial charge in [-0.25, -0.2) is 19.5 Å². The number of rotatable bonds is 2. The highest BCUT2D eigenvalue weighted by Gasteiger charge is 2.51. The van der Waals surface area contributed by atoms with E-state index < -0.39 is 62.3 Å². The number of nitrogens with one attached hydrogen (secondary N) is 1. The van der Waals surface area contributed by atoms with Gasteiger partial charge in [0.15, 0.2) is 29.4 Å². The third-order valence-corrected chi connectivity index (χ3v) is 9.02. The lowest BCUT2D eigenvalue weighted by atomic mass is 9.91. The zero-order valence-electron chi connectivity index (χ0n) is 21.8. The molecule has 7 heterocycles. The first kappa shape index (κ1) is 27.4. The molecule has 18 nitrogen and oxygen atoms in total. The molecule has 8 N–H and O–H groups in total. The van der Waals surface area contributed by atoms with E-state index in [1.807, 2.05) is 0 Å². The van der Waals surface area contributed by atoms with Gasteiger partial charge in [-0.05, 0) is 18.9 Å². The van der Waals surface area contributed by atoms with Crippen LogP contribution >= 0.6 is 7.82 Å². The van der Waals surface area contributed by atoms with Crippen LogP contribution < -0.4 is 17.0 Å². The fourth-order valence-electron chi connectivity index (χ4n) is 6.06. The normalized spacial score (nSPS) is 35.7. The minimum absolute atomic E-state index is 0.0380. The van der Waals surface area contributed by atoms with Crippen molar-refractivity contribution in [3.05, 3.63) is 35.3 Å². The molecule has 3 aliphatic heterocycles. The molecule has 0 radical (unpaired) electrons. The van der Waals surface area contributed by atoms with Gasteiger partial charge in [-0.3, -0.25) is 23.4 Å². The standard InChI is InChI=1S/C23H28N9O9P/c24-18-13-10(4-5-26-18)31(7-27-13)21-15(33)9-2-1-3-11-16(34)17(41-42(36,37)38-6-12(9)40-21)22(39-11)32-8-28-14-19(32)29-23(25)30-20(14)35/h4-5,7-9,11-12,15-17,21-22,33-34H,1-3,6H2,(H2,24,26)(H,36,37)(H3,25,29,30,35)/t9-,11?,12-,15-,16-,17-,21-,22-/m1/s1. The summed E-state index contributed by atoms with van der Waals surface area (Å²) >= 11 is 0. The van der Waals surface area contributed by atoms with Crippen molar-refractivity contribution in [2.75, 3.05) is 18.1 Å². The molecule has 224 valence electrons. The highest BCUT2D eigenvalue weighted by Crippen LogP contribution is 2.51. The molecule has 9 atom stereocenters. The topological polar surface area (TPSA) is 261 Å². The predicted molar refractivity (Wildman–Crippen MR) is 142 cm³/mol. The van der Waals surface area contributed by atoms with Crippen LogP contribution in [0.4, 0.5) is 11.8 Å². The molecule has 0 spiro atoms. The van der Waals surface area contributed by atoms with Crippen LogP contribution in [0.25, 0.3) is 22.2 Å². The molecular formula is C23H28N9O9P. The van der Waals surface area contributed by atoms with Gasteiger partial charge in [0, 0.05) is 12.1 Å². The maximum Gasteiger partial charge on any atom is 0.472 e. The Kier molecular flexibility index (Phi) is 6.55. The van der Waals surface area contributed by atoms with Crippen molar-refractivity contribution < 1.29 is 38.2 Å². The van der Waals surface area contributed by atoms with Crippen molar-refractivity contribution in [2.45, 2.75) is 62.2 Å². The predicted octanol–water partition coefficient (Wildman–Crippen LogP) is -0.452. The maximum absolute atomic E-state index is 13.2. The Bertz CT molecular complexity index is 1760. The first-order valence-electron chi connectivity index (χ1n) is 13.2. The summed E-state index contributed by atoms with van der Waals surface area (Å²) in [4.78, 5) is 41.8. The van der Waals surface area contributed by atoms with Gasteiger partial charge >= 0.3 is 7.82 Å². The van der Waals surface area contributed by atoms with E-state index in [0.717, 1.165) is 0 Å². The van der Waals surface area contributed by atoms with Crippen molar-refractivity contribution >= 4 is 41.8 Å². The van der Waals surface area contributed by atoms with Gasteiger partial charge in [-0.15, -0.1) is 0 Å². The highest BCUT2D eigenvalue weighted by molar-refractivity contribution is 7.47. The number of fused-ring (bicyclic) bond motifs is 5. The lowest BCUT2D eigenvalue weighted by Crippen LogP contribution is -2.35. The van der Waals surface area contributed by atoms with Crippen LogP contribution in [0.5, 0.6) is 0 Å². The Morgan fingerprint density at radius 2 is 1.76 bits per heavy atom. The lowest BCUT2D eigenvalue weighted by molar-refractivity contribution is -0.0567. The van der Waals surface area contributed by atoms with Crippen LogP contribution in [0.3, 0.4) is 0 Å². The SMILES string of the molecule is Nc1nc2c(ncn2[C@@H]2OC3CCC[C@H]4[C@@H](O)[C@H](n5cnc6c(N)nccc65)O[C@@H]4COP(=O)(O)O[C@@H]2[C@@H]3O)c(=O)[nH]1. The quantitative estimate of drug-likeness (QED) is 0.158. The number of hydrogen-bond acceptors (Lipinski definition) is 14. The smallest absolute Gasteiger partial charge is 0.388 e. The molecule has 0 aromatic carbocycles. The summed E-state index contributed by atoms with van der Waals surface area (Å²) in [7, 11) is -4.83. The third-order valence-electron chi connectivity index (χ3n) is 8.04. The number of anilines is 2. The van der Waals surface area contributed by atoms with Gasteiger partial charge in [0.25, 0.3) is 5.56 Å². The number of H-pyrrole nitrogens is 1. The number of phosphoric ester groups is 1. The lowest BCUT2D eigenvalue weighted by Gasteiger charge is -2.26. The average molecular weight is 606 g/mol. The number of nitrogen functional groups attached to an aromatic ring is 2. The fraction of sp³-hybridized carbons (Fsp3) is 0.522. The number of aromatic nitrogens is 7. The Morgan fingerprint density at radius 1 is 1.00 bits per heavy atom. The molecule has 2 unspecified atom stereocenters. The number of pyridine rings is 1. The van der Waals surface area contributed by atoms with Gasteiger partial charge in [-0.1, -0.05) is 6.42 Å². The first-order valence-corrected chi connectivity index (χ1v) is 14.7. The zero-order chi connectivity index (χ0) is 29.3. The van der Waals surface area contributed by atoms with Crippen molar-refractivity contribution in [1.29, 1.82) is 0 Å². The van der Waals surface area contributed by atoms with Crippen molar-refractivity contribution in [1.82, 2.24) is 34.1 Å². The average Bonchev–Trinajstić information content (AvgIpc) is 3.69. The minimum Gasteiger partial charge on any atom is -0.388 e. The number of phosphoric acid groups is 1. The van der Waals surface area contributed by atoms with E-state index in [1.165, 1.54) is 23.4 Å². The molecule has 3 fully saturated rings. The summed E-state index contributed by atoms with van der Waals surface area (Å²) in [6.07, 6.45) is -1.96. The van der Waals surface area contributed by atoms with Crippen molar-refractivity contribution in [3.63, 3.8) is 0 Å². The van der Waals surface area contributed by atoms with Gasteiger partial charge in [-0.2, -0.15) is 4.98 Å². The molecule has 3 aliphatic rings. The van der Waals surface area contributed by atoms with Crippen LogP contribution in [0, 0.1) is 5.92 Å². The molecule has 2 bridgehead atoms. The number of aliphatic hydroxyl groups excluding tert-OH is 2. The molecule has 19 heteroatoms. The molecule has 0 aliphatic carbocycles. The third kappa shape index (κ3) is 4.47. The number of ether oxygens (including phenoxy) is 2. The molecule has 0 amide bonds. The largest absolute Gasteiger partial charge is 0.472 e. The summed E-state index contributed by atoms with van der Waals surface area (Å²) in [6, 6.07) is 1.70. The summed E-state index contributed by atoms with van der Waals surface area (Å²) in [6.45, 7) is -0.387. The fourth-order valence-corrected chi connectivity index (χ4v) is 6.99. The van der Waals surface area contributed by atoms with E-state index in [1.54, 1.807) is 10.6 Å². The molecule has 42 heavy (non-hydrogen) atoms. The molecule has 3 saturated heterocycles. The maximum atomic E-state index is 13.2. The Labute approximate surface area is 235 Å². The number of nitrogens with two attached hydrogens (primary N) is 2. The number of aliphatic hydroxyl groups is 2. The van der Waals surface area contributed by atoms with Crippen molar-refractivity contribution in [2.24, 2.45) is 5.92 Å². The van der Waals surface area contributed by atoms with Gasteiger partial charge in [0.2, 0.25) is 5.95 Å². The Balaban J connectivity index is 1.17. The van der Waals surface area contributed by atoms with Crippen LogP contribution in [-0.2, 0) is 23.1 Å². The van der Waals surface area contributed by atoms with E-state index in [4.69, 9.17) is 30.0 Å². The van der Waals surface area contributed by atoms with E-state index in [2.05, 4.69) is 24.9 Å². The number of aromatic amines is 1. The molecule has 0 saturated carbocycles. The second-order valence-corrected chi connectivity index (χ2v) is 11.9. The Hall–Kier alpha value is -3.48.